The second-order valence-electron chi connectivity index (χ2n) is 7.78. The van der Waals surface area contributed by atoms with Gasteiger partial charge in [0.05, 0.1) is 17.2 Å². The lowest BCUT2D eigenvalue weighted by molar-refractivity contribution is -0.119. The van der Waals surface area contributed by atoms with Crippen molar-refractivity contribution in [2.45, 2.75) is 24.5 Å². The van der Waals surface area contributed by atoms with E-state index in [0.717, 1.165) is 22.2 Å². The van der Waals surface area contributed by atoms with Crippen LogP contribution in [0, 0.1) is 12.7 Å². The lowest BCUT2D eigenvalue weighted by Crippen LogP contribution is -2.41. The Kier molecular flexibility index (Phi) is 9.56. The number of sulfonamides is 1. The molecule has 1 N–H and O–H groups in total. The molecule has 0 saturated carbocycles. The first-order valence-electron chi connectivity index (χ1n) is 11.2. The Morgan fingerprint density at radius 3 is 2.43 bits per heavy atom. The maximum absolute atomic E-state index is 13.4. The summed E-state index contributed by atoms with van der Waals surface area (Å²) in [6.07, 6.45) is 0. The van der Waals surface area contributed by atoms with Crippen LogP contribution in [0.4, 0.5) is 10.1 Å². The third-order valence-corrected chi connectivity index (χ3v) is 7.86. The fraction of sp³-hybridized carbons (Fsp3) is 0.269. The number of thioether (sulfide) groups is 1. The smallest absolute Gasteiger partial charge is 0.264 e. The Morgan fingerprint density at radius 1 is 1.06 bits per heavy atom. The summed E-state index contributed by atoms with van der Waals surface area (Å²) in [5.41, 5.74) is 2.73. The topological polar surface area (TPSA) is 75.7 Å². The number of aryl methyl sites for hydroxylation is 1. The van der Waals surface area contributed by atoms with Gasteiger partial charge in [-0.05, 0) is 67.9 Å². The lowest BCUT2D eigenvalue weighted by Gasteiger charge is -2.24. The molecule has 6 nitrogen and oxygen atoms in total. The van der Waals surface area contributed by atoms with Gasteiger partial charge in [-0.2, -0.15) is 11.8 Å². The number of carbonyl (C=O) groups excluding carboxylic acids is 1. The summed E-state index contributed by atoms with van der Waals surface area (Å²) in [5, 5.41) is 2.79. The molecular formula is C26H29FN2O4S2. The zero-order valence-electron chi connectivity index (χ0n) is 19.7. The van der Waals surface area contributed by atoms with Gasteiger partial charge in [-0.25, -0.2) is 12.8 Å². The van der Waals surface area contributed by atoms with Gasteiger partial charge < -0.3 is 10.1 Å². The molecule has 0 aliphatic heterocycles. The van der Waals surface area contributed by atoms with E-state index in [9.17, 15) is 17.6 Å². The van der Waals surface area contributed by atoms with Crippen molar-refractivity contribution in [1.82, 2.24) is 5.32 Å². The summed E-state index contributed by atoms with van der Waals surface area (Å²) >= 11 is 1.69. The summed E-state index contributed by atoms with van der Waals surface area (Å²) in [6.45, 7) is 4.37. The molecule has 0 atom stereocenters. The van der Waals surface area contributed by atoms with Crippen molar-refractivity contribution in [2.75, 3.05) is 29.8 Å². The highest BCUT2D eigenvalue weighted by molar-refractivity contribution is 7.98. The van der Waals surface area contributed by atoms with Crippen molar-refractivity contribution in [1.29, 1.82) is 0 Å². The van der Waals surface area contributed by atoms with E-state index in [1.807, 2.05) is 26.0 Å². The second kappa shape index (κ2) is 12.6. The van der Waals surface area contributed by atoms with Crippen molar-refractivity contribution < 1.29 is 22.3 Å². The minimum absolute atomic E-state index is 0.103. The largest absolute Gasteiger partial charge is 0.494 e. The number of rotatable bonds is 12. The van der Waals surface area contributed by atoms with Crippen LogP contribution in [0.3, 0.4) is 0 Å². The number of hydrogen-bond acceptors (Lipinski definition) is 5. The number of nitrogens with zero attached hydrogens (tertiary/aromatic N) is 1. The molecule has 186 valence electrons. The molecule has 3 aromatic carbocycles. The van der Waals surface area contributed by atoms with Gasteiger partial charge in [0.1, 0.15) is 18.1 Å². The van der Waals surface area contributed by atoms with Gasteiger partial charge in [-0.1, -0.05) is 29.8 Å². The van der Waals surface area contributed by atoms with E-state index in [0.29, 0.717) is 30.3 Å². The molecule has 1 amide bonds. The van der Waals surface area contributed by atoms with Crippen LogP contribution in [-0.4, -0.2) is 39.8 Å². The van der Waals surface area contributed by atoms with Crippen molar-refractivity contribution >= 4 is 33.4 Å². The minimum Gasteiger partial charge on any atom is -0.494 e. The van der Waals surface area contributed by atoms with Gasteiger partial charge in [0.15, 0.2) is 0 Å². The predicted molar refractivity (Wildman–Crippen MR) is 139 cm³/mol. The van der Waals surface area contributed by atoms with Crippen molar-refractivity contribution in [3.05, 3.63) is 89.7 Å². The van der Waals surface area contributed by atoms with Gasteiger partial charge >= 0.3 is 0 Å². The van der Waals surface area contributed by atoms with E-state index in [2.05, 4.69) is 17.4 Å². The Bertz CT molecular complexity index is 1220. The monoisotopic (exact) mass is 516 g/mol. The minimum atomic E-state index is -4.11. The number of ether oxygens (including phenoxy) is 1. The molecule has 35 heavy (non-hydrogen) atoms. The van der Waals surface area contributed by atoms with E-state index in [1.54, 1.807) is 36.0 Å². The highest BCUT2D eigenvalue weighted by Crippen LogP contribution is 2.26. The fourth-order valence-corrected chi connectivity index (χ4v) is 5.59. The first kappa shape index (κ1) is 26.6. The summed E-state index contributed by atoms with van der Waals surface area (Å²) in [7, 11) is -4.11. The second-order valence-corrected chi connectivity index (χ2v) is 10.8. The third kappa shape index (κ3) is 7.73. The summed E-state index contributed by atoms with van der Waals surface area (Å²) in [6, 6.07) is 19.2. The maximum atomic E-state index is 13.4. The highest BCUT2D eigenvalue weighted by Gasteiger charge is 2.27. The molecule has 9 heteroatoms. The molecule has 3 rings (SSSR count). The average molecular weight is 517 g/mol. The van der Waals surface area contributed by atoms with Crippen LogP contribution in [0.15, 0.2) is 77.7 Å². The van der Waals surface area contributed by atoms with Crippen molar-refractivity contribution in [3.63, 3.8) is 0 Å². The third-order valence-electron chi connectivity index (χ3n) is 5.04. The van der Waals surface area contributed by atoms with E-state index in [1.165, 1.54) is 23.3 Å². The molecule has 0 radical (unpaired) electrons. The molecule has 0 bridgehead atoms. The Hall–Kier alpha value is -3.04. The number of amides is 1. The van der Waals surface area contributed by atoms with Crippen molar-refractivity contribution in [2.24, 2.45) is 0 Å². The average Bonchev–Trinajstić information content (AvgIpc) is 2.83. The summed E-state index contributed by atoms with van der Waals surface area (Å²) in [4.78, 5) is 12.6. The number of nitrogens with one attached hydrogen (secondary N) is 1. The molecule has 0 spiro atoms. The van der Waals surface area contributed by atoms with Crippen LogP contribution >= 0.6 is 11.8 Å². The molecule has 0 aliphatic rings. The van der Waals surface area contributed by atoms with Crippen LogP contribution in [0.1, 0.15) is 18.1 Å². The molecule has 0 aliphatic carbocycles. The number of benzene rings is 3. The van der Waals surface area contributed by atoms with Gasteiger partial charge in [-0.3, -0.25) is 9.10 Å². The number of hydrogen-bond donors (Lipinski definition) is 1. The van der Waals surface area contributed by atoms with Crippen LogP contribution in [-0.2, 0) is 20.6 Å². The highest BCUT2D eigenvalue weighted by atomic mass is 32.2. The summed E-state index contributed by atoms with van der Waals surface area (Å²) < 4.78 is 46.5. The van der Waals surface area contributed by atoms with E-state index in [4.69, 9.17) is 4.74 Å². The van der Waals surface area contributed by atoms with E-state index >= 15 is 0 Å². The molecule has 0 unspecified atom stereocenters. The Labute approximate surface area is 210 Å². The lowest BCUT2D eigenvalue weighted by atomic mass is 10.2. The van der Waals surface area contributed by atoms with Crippen LogP contribution in [0.2, 0.25) is 0 Å². The zero-order chi connectivity index (χ0) is 25.3. The maximum Gasteiger partial charge on any atom is 0.264 e. The predicted octanol–water partition coefficient (Wildman–Crippen LogP) is 4.78. The molecular weight excluding hydrogens is 487 g/mol. The first-order chi connectivity index (χ1) is 16.8. The van der Waals surface area contributed by atoms with Gasteiger partial charge in [-0.15, -0.1) is 0 Å². The standard InChI is InChI=1S/C26H29FN2O4S2/c1-3-33-24-11-9-23(10-12-24)29(35(31,32)25-13-7-22(27)8-14-25)18-26(30)28-15-16-34-19-21-6-4-5-20(2)17-21/h4-14,17H,3,15-16,18-19H2,1-2H3,(H,28,30). The molecule has 0 heterocycles. The summed E-state index contributed by atoms with van der Waals surface area (Å²) in [5.74, 6) is 1.13. The SMILES string of the molecule is CCOc1ccc(N(CC(=O)NCCSCc2cccc(C)c2)S(=O)(=O)c2ccc(F)cc2)cc1. The van der Waals surface area contributed by atoms with Crippen LogP contribution in [0.5, 0.6) is 5.75 Å². The Morgan fingerprint density at radius 2 is 1.77 bits per heavy atom. The van der Waals surface area contributed by atoms with E-state index in [-0.39, 0.29) is 4.90 Å². The molecule has 3 aromatic rings. The van der Waals surface area contributed by atoms with Crippen LogP contribution in [0.25, 0.3) is 0 Å². The van der Waals surface area contributed by atoms with Crippen molar-refractivity contribution in [3.8, 4) is 5.75 Å². The number of carbonyl (C=O) groups is 1. The quantitative estimate of drug-likeness (QED) is 0.351. The Balaban J connectivity index is 1.66. The van der Waals surface area contributed by atoms with E-state index < -0.39 is 28.3 Å². The number of halogens is 1. The molecule has 0 fully saturated rings. The fourth-order valence-electron chi connectivity index (χ4n) is 3.37. The molecule has 0 aromatic heterocycles. The zero-order valence-corrected chi connectivity index (χ0v) is 21.4. The molecule has 0 saturated heterocycles. The first-order valence-corrected chi connectivity index (χ1v) is 13.8. The van der Waals surface area contributed by atoms with Gasteiger partial charge in [0, 0.05) is 18.1 Å². The number of anilines is 1. The normalized spacial score (nSPS) is 11.2. The van der Waals surface area contributed by atoms with Gasteiger partial charge in [0.25, 0.3) is 10.0 Å². The van der Waals surface area contributed by atoms with Crippen LogP contribution < -0.4 is 14.4 Å². The van der Waals surface area contributed by atoms with Gasteiger partial charge in [0.2, 0.25) is 5.91 Å².